The van der Waals surface area contributed by atoms with Crippen LogP contribution < -0.4 is 0 Å². The van der Waals surface area contributed by atoms with Crippen LogP contribution in [0.4, 0.5) is 4.39 Å². The summed E-state index contributed by atoms with van der Waals surface area (Å²) in [6, 6.07) is 15.9. The second-order valence-electron chi connectivity index (χ2n) is 4.54. The summed E-state index contributed by atoms with van der Waals surface area (Å²) in [7, 11) is 1.76. The first-order valence-electron chi connectivity index (χ1n) is 6.17. The third-order valence-corrected chi connectivity index (χ3v) is 2.93. The average Bonchev–Trinajstić information content (AvgIpc) is 2.40. The Morgan fingerprint density at radius 2 is 1.74 bits per heavy atom. The summed E-state index contributed by atoms with van der Waals surface area (Å²) < 4.78 is 13.0. The Morgan fingerprint density at radius 3 is 2.42 bits per heavy atom. The van der Waals surface area contributed by atoms with Crippen molar-refractivity contribution < 1.29 is 9.18 Å². The lowest BCUT2D eigenvalue weighted by Crippen LogP contribution is -2.27. The number of nitrogens with zero attached hydrogens (tertiary/aromatic N) is 1. The number of carbonyl (C=O) groups excluding carboxylic acids is 1. The lowest BCUT2D eigenvalue weighted by Gasteiger charge is -2.17. The number of likely N-dealkylation sites (N-methyl/N-ethyl adjacent to an activating group) is 1. The Kier molecular flexibility index (Phi) is 4.29. The smallest absolute Gasteiger partial charge is 0.227 e. The van der Waals surface area contributed by atoms with E-state index in [2.05, 4.69) is 0 Å². The molecule has 19 heavy (non-hydrogen) atoms. The maximum Gasteiger partial charge on any atom is 0.227 e. The Balaban J connectivity index is 1.96. The maximum atomic E-state index is 13.0. The summed E-state index contributed by atoms with van der Waals surface area (Å²) in [6.45, 7) is 0.564. The fraction of sp³-hybridized carbons (Fsp3) is 0.188. The van der Waals surface area contributed by atoms with Gasteiger partial charge in [0.15, 0.2) is 0 Å². The van der Waals surface area contributed by atoms with Crippen molar-refractivity contribution in [2.75, 3.05) is 7.05 Å². The molecule has 2 nitrogen and oxygen atoms in total. The quantitative estimate of drug-likeness (QED) is 0.824. The molecule has 0 atom stereocenters. The molecule has 2 aromatic rings. The van der Waals surface area contributed by atoms with E-state index >= 15 is 0 Å². The van der Waals surface area contributed by atoms with E-state index in [1.54, 1.807) is 24.1 Å². The van der Waals surface area contributed by atoms with Crippen LogP contribution in [0.25, 0.3) is 0 Å². The van der Waals surface area contributed by atoms with E-state index in [4.69, 9.17) is 0 Å². The van der Waals surface area contributed by atoms with E-state index in [0.29, 0.717) is 12.1 Å². The Labute approximate surface area is 112 Å². The molecule has 2 rings (SSSR count). The number of hydrogen-bond donors (Lipinski definition) is 0. The number of benzene rings is 2. The predicted octanol–water partition coefficient (Wildman–Crippen LogP) is 3.03. The minimum Gasteiger partial charge on any atom is -0.341 e. The molecule has 1 amide bonds. The second-order valence-corrected chi connectivity index (χ2v) is 4.54. The standard InChI is InChI=1S/C16H16FNO/c1-18(12-13-6-3-2-4-7-13)16(19)11-14-8-5-9-15(17)10-14/h2-10H,11-12H2,1H3. The fourth-order valence-electron chi connectivity index (χ4n) is 1.90. The van der Waals surface area contributed by atoms with Gasteiger partial charge < -0.3 is 4.90 Å². The minimum atomic E-state index is -0.309. The lowest BCUT2D eigenvalue weighted by molar-refractivity contribution is -0.129. The molecule has 0 fully saturated rings. The summed E-state index contributed by atoms with van der Waals surface area (Å²) in [6.07, 6.45) is 0.223. The van der Waals surface area contributed by atoms with Crippen LogP contribution >= 0.6 is 0 Å². The number of amides is 1. The third-order valence-electron chi connectivity index (χ3n) is 2.93. The van der Waals surface area contributed by atoms with Crippen LogP contribution in [-0.2, 0) is 17.8 Å². The zero-order chi connectivity index (χ0) is 13.7. The van der Waals surface area contributed by atoms with E-state index in [1.165, 1.54) is 12.1 Å². The minimum absolute atomic E-state index is 0.0190. The first kappa shape index (κ1) is 13.3. The van der Waals surface area contributed by atoms with Gasteiger partial charge in [-0.2, -0.15) is 0 Å². The van der Waals surface area contributed by atoms with E-state index < -0.39 is 0 Å². The zero-order valence-corrected chi connectivity index (χ0v) is 10.8. The predicted molar refractivity (Wildman–Crippen MR) is 73.0 cm³/mol. The number of hydrogen-bond acceptors (Lipinski definition) is 1. The van der Waals surface area contributed by atoms with Gasteiger partial charge in [-0.15, -0.1) is 0 Å². The molecule has 0 unspecified atom stereocenters. The third kappa shape index (κ3) is 3.91. The van der Waals surface area contributed by atoms with Gasteiger partial charge in [-0.05, 0) is 23.3 Å². The van der Waals surface area contributed by atoms with Crippen molar-refractivity contribution in [2.45, 2.75) is 13.0 Å². The van der Waals surface area contributed by atoms with Crippen LogP contribution in [0.15, 0.2) is 54.6 Å². The number of carbonyl (C=O) groups is 1. The van der Waals surface area contributed by atoms with Gasteiger partial charge in [-0.25, -0.2) is 4.39 Å². The summed E-state index contributed by atoms with van der Waals surface area (Å²) in [5, 5.41) is 0. The molecule has 0 saturated carbocycles. The van der Waals surface area contributed by atoms with E-state index in [-0.39, 0.29) is 18.1 Å². The van der Waals surface area contributed by atoms with Crippen molar-refractivity contribution in [2.24, 2.45) is 0 Å². The van der Waals surface area contributed by atoms with E-state index in [0.717, 1.165) is 5.56 Å². The molecule has 0 radical (unpaired) electrons. The van der Waals surface area contributed by atoms with Crippen LogP contribution in [0.3, 0.4) is 0 Å². The summed E-state index contributed by atoms with van der Waals surface area (Å²) >= 11 is 0. The largest absolute Gasteiger partial charge is 0.341 e. The van der Waals surface area contributed by atoms with Crippen LogP contribution in [0.5, 0.6) is 0 Å². The van der Waals surface area contributed by atoms with Gasteiger partial charge in [-0.3, -0.25) is 4.79 Å². The molecule has 0 spiro atoms. The fourth-order valence-corrected chi connectivity index (χ4v) is 1.90. The van der Waals surface area contributed by atoms with Crippen LogP contribution in [0.2, 0.25) is 0 Å². The SMILES string of the molecule is CN(Cc1ccccc1)C(=O)Cc1cccc(F)c1. The van der Waals surface area contributed by atoms with Gasteiger partial charge in [0.05, 0.1) is 6.42 Å². The number of rotatable bonds is 4. The molecule has 0 aliphatic heterocycles. The van der Waals surface area contributed by atoms with Gasteiger partial charge in [-0.1, -0.05) is 42.5 Å². The summed E-state index contributed by atoms with van der Waals surface area (Å²) in [5.41, 5.74) is 1.78. The molecular weight excluding hydrogens is 241 g/mol. The van der Waals surface area contributed by atoms with Crippen molar-refractivity contribution >= 4 is 5.91 Å². The highest BCUT2D eigenvalue weighted by Crippen LogP contribution is 2.08. The molecule has 0 heterocycles. The Morgan fingerprint density at radius 1 is 1.05 bits per heavy atom. The number of halogens is 1. The van der Waals surface area contributed by atoms with E-state index in [9.17, 15) is 9.18 Å². The molecule has 0 N–H and O–H groups in total. The monoisotopic (exact) mass is 257 g/mol. The normalized spacial score (nSPS) is 10.2. The van der Waals surface area contributed by atoms with Crippen molar-refractivity contribution in [3.05, 3.63) is 71.5 Å². The molecule has 0 saturated heterocycles. The van der Waals surface area contributed by atoms with Crippen molar-refractivity contribution in [1.29, 1.82) is 0 Å². The Hall–Kier alpha value is -2.16. The van der Waals surface area contributed by atoms with E-state index in [1.807, 2.05) is 30.3 Å². The topological polar surface area (TPSA) is 20.3 Å². The highest BCUT2D eigenvalue weighted by molar-refractivity contribution is 5.78. The van der Waals surface area contributed by atoms with Gasteiger partial charge in [0.2, 0.25) is 5.91 Å². The maximum absolute atomic E-state index is 13.0. The van der Waals surface area contributed by atoms with Crippen molar-refractivity contribution in [3.63, 3.8) is 0 Å². The first-order valence-corrected chi connectivity index (χ1v) is 6.17. The zero-order valence-electron chi connectivity index (χ0n) is 10.8. The highest BCUT2D eigenvalue weighted by Gasteiger charge is 2.10. The first-order chi connectivity index (χ1) is 9.15. The van der Waals surface area contributed by atoms with Gasteiger partial charge in [0.25, 0.3) is 0 Å². The Bertz CT molecular complexity index is 554. The van der Waals surface area contributed by atoms with Crippen molar-refractivity contribution in [1.82, 2.24) is 4.90 Å². The van der Waals surface area contributed by atoms with Crippen molar-refractivity contribution in [3.8, 4) is 0 Å². The molecule has 0 bridgehead atoms. The molecule has 3 heteroatoms. The molecule has 2 aromatic carbocycles. The molecule has 0 aliphatic rings. The van der Waals surface area contributed by atoms with Gasteiger partial charge >= 0.3 is 0 Å². The summed E-state index contributed by atoms with van der Waals surface area (Å²) in [4.78, 5) is 13.7. The lowest BCUT2D eigenvalue weighted by atomic mass is 10.1. The molecular formula is C16H16FNO. The van der Waals surface area contributed by atoms with Gasteiger partial charge in [0.1, 0.15) is 5.82 Å². The highest BCUT2D eigenvalue weighted by atomic mass is 19.1. The van der Waals surface area contributed by atoms with Crippen LogP contribution in [-0.4, -0.2) is 17.9 Å². The molecule has 0 aliphatic carbocycles. The van der Waals surface area contributed by atoms with Gasteiger partial charge in [0, 0.05) is 13.6 Å². The average molecular weight is 257 g/mol. The molecule has 98 valence electrons. The van der Waals surface area contributed by atoms with Crippen LogP contribution in [0, 0.1) is 5.82 Å². The molecule has 0 aromatic heterocycles. The second kappa shape index (κ2) is 6.14. The summed E-state index contributed by atoms with van der Waals surface area (Å²) in [5.74, 6) is -0.328. The van der Waals surface area contributed by atoms with Crippen LogP contribution in [0.1, 0.15) is 11.1 Å².